The molecule has 0 spiro atoms. The highest BCUT2D eigenvalue weighted by Crippen LogP contribution is 2.31. The number of carboxylic acids is 1. The molecule has 1 rings (SSSR count). The number of nitrogens with one attached hydrogen (secondary N) is 2. The number of halogens is 1. The van der Waals surface area contributed by atoms with Gasteiger partial charge in [-0.2, -0.15) is 0 Å². The van der Waals surface area contributed by atoms with Crippen molar-refractivity contribution in [3.05, 3.63) is 16.0 Å². The number of amides is 2. The first kappa shape index (κ1) is 16.5. The third kappa shape index (κ3) is 4.21. The third-order valence-corrected chi connectivity index (χ3v) is 3.69. The van der Waals surface area contributed by atoms with Gasteiger partial charge in [-0.05, 0) is 19.9 Å². The van der Waals surface area contributed by atoms with Crippen molar-refractivity contribution in [3.8, 4) is 0 Å². The van der Waals surface area contributed by atoms with Crippen molar-refractivity contribution in [3.63, 3.8) is 0 Å². The van der Waals surface area contributed by atoms with Gasteiger partial charge in [-0.1, -0.05) is 11.6 Å². The molecule has 110 valence electrons. The largest absolute Gasteiger partial charge is 0.481 e. The minimum atomic E-state index is -1.08. The minimum absolute atomic E-state index is 0.0336. The average molecular weight is 319 g/mol. The van der Waals surface area contributed by atoms with Crippen LogP contribution in [0.1, 0.15) is 31.1 Å². The Morgan fingerprint density at radius 2 is 2.00 bits per heavy atom. The summed E-state index contributed by atoms with van der Waals surface area (Å²) in [6.45, 7) is 4.30. The monoisotopic (exact) mass is 318 g/mol. The molecule has 20 heavy (non-hydrogen) atoms. The molecule has 8 heteroatoms. The molecule has 0 bridgehead atoms. The van der Waals surface area contributed by atoms with E-state index in [-0.39, 0.29) is 18.0 Å². The van der Waals surface area contributed by atoms with E-state index in [4.69, 9.17) is 16.7 Å². The molecule has 0 unspecified atom stereocenters. The highest BCUT2D eigenvalue weighted by molar-refractivity contribution is 7.20. The van der Waals surface area contributed by atoms with E-state index >= 15 is 0 Å². The molecule has 0 saturated carbocycles. The fraction of sp³-hybridized carbons (Fsp3) is 0.417. The van der Waals surface area contributed by atoms with Crippen LogP contribution >= 0.6 is 22.9 Å². The van der Waals surface area contributed by atoms with Crippen LogP contribution in [0.5, 0.6) is 0 Å². The SMILES string of the molecule is CC(=O)Nc1sc(Cl)cc1C(=O)NCC(C)(C)C(=O)O. The number of aliphatic carboxylic acids is 1. The summed E-state index contributed by atoms with van der Waals surface area (Å²) in [5.74, 6) is -1.81. The quantitative estimate of drug-likeness (QED) is 0.775. The van der Waals surface area contributed by atoms with Gasteiger partial charge in [0.2, 0.25) is 5.91 Å². The Morgan fingerprint density at radius 1 is 1.40 bits per heavy atom. The van der Waals surface area contributed by atoms with E-state index in [1.165, 1.54) is 26.8 Å². The molecule has 0 atom stereocenters. The summed E-state index contributed by atoms with van der Waals surface area (Å²) in [4.78, 5) is 34.0. The Labute approximate surface area is 125 Å². The number of carboxylic acid groups (broad SMARTS) is 1. The minimum Gasteiger partial charge on any atom is -0.481 e. The van der Waals surface area contributed by atoms with Crippen LogP contribution in [-0.2, 0) is 9.59 Å². The van der Waals surface area contributed by atoms with Crippen molar-refractivity contribution < 1.29 is 19.5 Å². The normalized spacial score (nSPS) is 11.0. The van der Waals surface area contributed by atoms with Crippen LogP contribution in [0.3, 0.4) is 0 Å². The molecule has 0 fully saturated rings. The Kier molecular flexibility index (Phi) is 5.13. The molecule has 3 N–H and O–H groups in total. The van der Waals surface area contributed by atoms with E-state index < -0.39 is 17.3 Å². The zero-order chi connectivity index (χ0) is 15.5. The van der Waals surface area contributed by atoms with Gasteiger partial charge in [0.1, 0.15) is 5.00 Å². The first-order chi connectivity index (χ1) is 9.13. The van der Waals surface area contributed by atoms with Gasteiger partial charge in [0.05, 0.1) is 15.3 Å². The van der Waals surface area contributed by atoms with Gasteiger partial charge >= 0.3 is 5.97 Å². The van der Waals surface area contributed by atoms with Gasteiger partial charge in [-0.25, -0.2) is 0 Å². The molecule has 1 heterocycles. The summed E-state index contributed by atoms with van der Waals surface area (Å²) in [6.07, 6.45) is 0. The molecule has 0 radical (unpaired) electrons. The summed E-state index contributed by atoms with van der Waals surface area (Å²) in [7, 11) is 0. The van der Waals surface area contributed by atoms with Crippen LogP contribution in [0.2, 0.25) is 4.34 Å². The number of carbonyl (C=O) groups is 3. The Morgan fingerprint density at radius 3 is 2.50 bits per heavy atom. The topological polar surface area (TPSA) is 95.5 Å². The molecule has 1 aromatic heterocycles. The zero-order valence-corrected chi connectivity index (χ0v) is 12.8. The van der Waals surface area contributed by atoms with E-state index in [1.54, 1.807) is 0 Å². The number of anilines is 1. The van der Waals surface area contributed by atoms with Crippen LogP contribution in [0.4, 0.5) is 5.00 Å². The van der Waals surface area contributed by atoms with Crippen molar-refractivity contribution in [2.75, 3.05) is 11.9 Å². The van der Waals surface area contributed by atoms with Crippen LogP contribution < -0.4 is 10.6 Å². The van der Waals surface area contributed by atoms with Crippen molar-refractivity contribution in [2.45, 2.75) is 20.8 Å². The fourth-order valence-corrected chi connectivity index (χ4v) is 2.42. The molecule has 6 nitrogen and oxygen atoms in total. The second-order valence-corrected chi connectivity index (χ2v) is 6.53. The summed E-state index contributed by atoms with van der Waals surface area (Å²) < 4.78 is 0.358. The molecule has 1 aromatic rings. The number of carbonyl (C=O) groups excluding carboxylic acids is 2. The van der Waals surface area contributed by atoms with E-state index in [9.17, 15) is 14.4 Å². The zero-order valence-electron chi connectivity index (χ0n) is 11.2. The maximum atomic E-state index is 12.0. The highest BCUT2D eigenvalue weighted by atomic mass is 35.5. The summed E-state index contributed by atoms with van der Waals surface area (Å²) >= 11 is 6.89. The molecule has 2 amide bonds. The predicted octanol–water partition coefficient (Wildman–Crippen LogP) is 2.20. The predicted molar refractivity (Wildman–Crippen MR) is 77.4 cm³/mol. The van der Waals surface area contributed by atoms with Crippen molar-refractivity contribution in [1.82, 2.24) is 5.32 Å². The van der Waals surface area contributed by atoms with Crippen molar-refractivity contribution in [1.29, 1.82) is 0 Å². The van der Waals surface area contributed by atoms with Crippen molar-refractivity contribution >= 4 is 45.7 Å². The molecule has 0 aliphatic rings. The second kappa shape index (κ2) is 6.23. The molecule has 0 aromatic carbocycles. The van der Waals surface area contributed by atoms with Gasteiger partial charge in [0.15, 0.2) is 0 Å². The van der Waals surface area contributed by atoms with E-state index in [0.29, 0.717) is 9.34 Å². The van der Waals surface area contributed by atoms with Crippen LogP contribution in [0, 0.1) is 5.41 Å². The third-order valence-electron chi connectivity index (χ3n) is 2.51. The van der Waals surface area contributed by atoms with Crippen LogP contribution in [-0.4, -0.2) is 29.4 Å². The summed E-state index contributed by atoms with van der Waals surface area (Å²) in [6, 6.07) is 1.43. The number of hydrogen-bond donors (Lipinski definition) is 3. The first-order valence-electron chi connectivity index (χ1n) is 5.72. The lowest BCUT2D eigenvalue weighted by Gasteiger charge is -2.19. The molecule has 0 aliphatic heterocycles. The standard InChI is InChI=1S/C12H15ClN2O4S/c1-6(16)15-10-7(4-8(13)20-10)9(17)14-5-12(2,3)11(18)19/h4H,5H2,1-3H3,(H,14,17)(H,15,16)(H,18,19). The Balaban J connectivity index is 2.83. The van der Waals surface area contributed by atoms with Gasteiger partial charge in [-0.3, -0.25) is 14.4 Å². The number of hydrogen-bond acceptors (Lipinski definition) is 4. The van der Waals surface area contributed by atoms with Gasteiger partial charge in [0.25, 0.3) is 5.91 Å². The van der Waals surface area contributed by atoms with Gasteiger partial charge in [-0.15, -0.1) is 11.3 Å². The first-order valence-corrected chi connectivity index (χ1v) is 6.91. The van der Waals surface area contributed by atoms with E-state index in [2.05, 4.69) is 10.6 Å². The van der Waals surface area contributed by atoms with Gasteiger partial charge < -0.3 is 15.7 Å². The maximum Gasteiger partial charge on any atom is 0.310 e. The molecule has 0 saturated heterocycles. The van der Waals surface area contributed by atoms with Gasteiger partial charge in [0, 0.05) is 13.5 Å². The summed E-state index contributed by atoms with van der Waals surface area (Å²) in [5.41, 5.74) is -0.861. The number of rotatable bonds is 5. The lowest BCUT2D eigenvalue weighted by Crippen LogP contribution is -2.39. The van der Waals surface area contributed by atoms with E-state index in [0.717, 1.165) is 11.3 Å². The van der Waals surface area contributed by atoms with E-state index in [1.807, 2.05) is 0 Å². The molecular weight excluding hydrogens is 304 g/mol. The van der Waals surface area contributed by atoms with Crippen molar-refractivity contribution in [2.24, 2.45) is 5.41 Å². The van der Waals surface area contributed by atoms with Crippen LogP contribution in [0.25, 0.3) is 0 Å². The Bertz CT molecular complexity index is 554. The summed E-state index contributed by atoms with van der Waals surface area (Å²) in [5, 5.41) is 14.4. The smallest absolute Gasteiger partial charge is 0.310 e. The lowest BCUT2D eigenvalue weighted by atomic mass is 9.94. The second-order valence-electron chi connectivity index (χ2n) is 4.85. The lowest BCUT2D eigenvalue weighted by molar-refractivity contribution is -0.146. The molecular formula is C12H15ClN2O4S. The Hall–Kier alpha value is -1.60. The number of thiophene rings is 1. The average Bonchev–Trinajstić information content (AvgIpc) is 2.66. The maximum absolute atomic E-state index is 12.0. The van der Waals surface area contributed by atoms with Crippen LogP contribution in [0.15, 0.2) is 6.07 Å². The molecule has 0 aliphatic carbocycles. The highest BCUT2D eigenvalue weighted by Gasteiger charge is 2.28. The fourth-order valence-electron chi connectivity index (χ4n) is 1.25.